The largest absolute Gasteiger partial charge is 0.462 e. The second-order valence-electron chi connectivity index (χ2n) is 7.73. The highest BCUT2D eigenvalue weighted by atomic mass is 35.5. The maximum atomic E-state index is 12.8. The lowest BCUT2D eigenvalue weighted by Gasteiger charge is -2.35. The van der Waals surface area contributed by atoms with Gasteiger partial charge in [-0.1, -0.05) is 41.9 Å². The van der Waals surface area contributed by atoms with Gasteiger partial charge in [0.2, 0.25) is 5.91 Å². The molecule has 2 aromatic carbocycles. The number of hydrogen-bond acceptors (Lipinski definition) is 6. The number of benzene rings is 2. The summed E-state index contributed by atoms with van der Waals surface area (Å²) in [6, 6.07) is 19.5. The number of amides is 1. The Morgan fingerprint density at radius 2 is 1.73 bits per heavy atom. The first-order valence-electron chi connectivity index (χ1n) is 10.9. The summed E-state index contributed by atoms with van der Waals surface area (Å²) in [5, 5.41) is 3.57. The Hall–Kier alpha value is -2.87. The van der Waals surface area contributed by atoms with Gasteiger partial charge in [-0.05, 0) is 42.8 Å². The lowest BCUT2D eigenvalue weighted by molar-refractivity contribution is -0.117. The van der Waals surface area contributed by atoms with Crippen LogP contribution in [0.25, 0.3) is 10.4 Å². The Morgan fingerprint density at radius 1 is 1.03 bits per heavy atom. The zero-order valence-electron chi connectivity index (χ0n) is 18.4. The van der Waals surface area contributed by atoms with Gasteiger partial charge in [-0.25, -0.2) is 4.79 Å². The number of esters is 1. The van der Waals surface area contributed by atoms with E-state index in [9.17, 15) is 9.59 Å². The van der Waals surface area contributed by atoms with Crippen LogP contribution in [-0.4, -0.2) is 56.1 Å². The molecule has 33 heavy (non-hydrogen) atoms. The molecule has 3 aromatic rings. The quantitative estimate of drug-likeness (QED) is 0.479. The molecule has 4 rings (SSSR count). The molecule has 1 amide bonds. The fraction of sp³-hybridized carbons (Fsp3) is 0.280. The summed E-state index contributed by atoms with van der Waals surface area (Å²) in [4.78, 5) is 31.0. The molecule has 0 saturated carbocycles. The van der Waals surface area contributed by atoms with Gasteiger partial charge in [0.25, 0.3) is 0 Å². The standard InChI is InChI=1S/C25H26ClN3O3S/c1-2-32-25(31)24-21(16-22(33-24)18-8-10-19(26)11-9-18)27-23(30)17-28-12-14-29(15-13-28)20-6-4-3-5-7-20/h3-11,16H,2,12-15,17H2,1H3,(H,27,30). The topological polar surface area (TPSA) is 61.9 Å². The molecule has 1 saturated heterocycles. The molecule has 0 radical (unpaired) electrons. The molecule has 1 N–H and O–H groups in total. The van der Waals surface area contributed by atoms with Crippen molar-refractivity contribution >= 4 is 46.2 Å². The third-order valence-electron chi connectivity index (χ3n) is 5.46. The smallest absolute Gasteiger partial charge is 0.350 e. The van der Waals surface area contributed by atoms with E-state index >= 15 is 0 Å². The van der Waals surface area contributed by atoms with E-state index in [2.05, 4.69) is 27.2 Å². The Labute approximate surface area is 202 Å². The monoisotopic (exact) mass is 483 g/mol. The molecule has 0 spiro atoms. The van der Waals surface area contributed by atoms with Crippen molar-refractivity contribution in [3.8, 4) is 10.4 Å². The van der Waals surface area contributed by atoms with Crippen molar-refractivity contribution in [3.05, 3.63) is 70.6 Å². The Bertz CT molecular complexity index is 1090. The maximum Gasteiger partial charge on any atom is 0.350 e. The first-order chi connectivity index (χ1) is 16.0. The van der Waals surface area contributed by atoms with Gasteiger partial charge in [0, 0.05) is 41.8 Å². The summed E-state index contributed by atoms with van der Waals surface area (Å²) in [7, 11) is 0. The molecule has 8 heteroatoms. The van der Waals surface area contributed by atoms with Crippen LogP contribution in [0.5, 0.6) is 0 Å². The fourth-order valence-electron chi connectivity index (χ4n) is 3.78. The number of para-hydroxylation sites is 1. The molecule has 1 fully saturated rings. The Kier molecular flexibility index (Phi) is 7.65. The van der Waals surface area contributed by atoms with Gasteiger partial charge in [-0.2, -0.15) is 0 Å². The van der Waals surface area contributed by atoms with Crippen LogP contribution in [0, 0.1) is 0 Å². The second-order valence-corrected chi connectivity index (χ2v) is 9.22. The van der Waals surface area contributed by atoms with E-state index in [4.69, 9.17) is 16.3 Å². The first-order valence-corrected chi connectivity index (χ1v) is 12.1. The number of carbonyl (C=O) groups excluding carboxylic acids is 2. The number of hydrogen-bond donors (Lipinski definition) is 1. The van der Waals surface area contributed by atoms with Gasteiger partial charge < -0.3 is 15.0 Å². The maximum absolute atomic E-state index is 12.8. The summed E-state index contributed by atoms with van der Waals surface area (Å²) in [5.74, 6) is -0.580. The summed E-state index contributed by atoms with van der Waals surface area (Å²) >= 11 is 7.30. The van der Waals surface area contributed by atoms with Crippen LogP contribution >= 0.6 is 22.9 Å². The number of nitrogens with one attached hydrogen (secondary N) is 1. The van der Waals surface area contributed by atoms with Crippen LogP contribution < -0.4 is 10.2 Å². The van der Waals surface area contributed by atoms with Crippen molar-refractivity contribution < 1.29 is 14.3 Å². The van der Waals surface area contributed by atoms with Crippen molar-refractivity contribution in [2.24, 2.45) is 0 Å². The van der Waals surface area contributed by atoms with Crippen LogP contribution in [0.2, 0.25) is 5.02 Å². The minimum absolute atomic E-state index is 0.144. The first kappa shape index (κ1) is 23.3. The molecule has 0 aliphatic carbocycles. The van der Waals surface area contributed by atoms with Crippen molar-refractivity contribution in [1.29, 1.82) is 0 Å². The highest BCUT2D eigenvalue weighted by molar-refractivity contribution is 7.18. The molecule has 172 valence electrons. The van der Waals surface area contributed by atoms with Crippen LogP contribution in [0.4, 0.5) is 11.4 Å². The molecular formula is C25H26ClN3O3S. The van der Waals surface area contributed by atoms with E-state index in [0.717, 1.165) is 36.6 Å². The van der Waals surface area contributed by atoms with Crippen LogP contribution in [0.15, 0.2) is 60.7 Å². The molecule has 1 aromatic heterocycles. The lowest BCUT2D eigenvalue weighted by atomic mass is 10.2. The van der Waals surface area contributed by atoms with E-state index in [1.807, 2.05) is 36.4 Å². The van der Waals surface area contributed by atoms with Crippen molar-refractivity contribution in [2.45, 2.75) is 6.92 Å². The minimum atomic E-state index is -0.436. The minimum Gasteiger partial charge on any atom is -0.462 e. The number of nitrogens with zero attached hydrogens (tertiary/aromatic N) is 2. The van der Waals surface area contributed by atoms with Gasteiger partial charge in [0.05, 0.1) is 18.8 Å². The number of ether oxygens (including phenoxy) is 1. The molecule has 2 heterocycles. The highest BCUT2D eigenvalue weighted by Gasteiger charge is 2.23. The number of anilines is 2. The van der Waals surface area contributed by atoms with E-state index in [-0.39, 0.29) is 19.1 Å². The average Bonchev–Trinajstić information content (AvgIpc) is 3.24. The van der Waals surface area contributed by atoms with Crippen LogP contribution in [-0.2, 0) is 9.53 Å². The Balaban J connectivity index is 1.41. The van der Waals surface area contributed by atoms with E-state index in [1.165, 1.54) is 17.0 Å². The molecule has 1 aliphatic rings. The van der Waals surface area contributed by atoms with E-state index in [1.54, 1.807) is 19.1 Å². The summed E-state index contributed by atoms with van der Waals surface area (Å²) < 4.78 is 5.21. The predicted octanol–water partition coefficient (Wildman–Crippen LogP) is 5.01. The predicted molar refractivity (Wildman–Crippen MR) is 134 cm³/mol. The zero-order chi connectivity index (χ0) is 23.2. The van der Waals surface area contributed by atoms with Gasteiger partial charge in [0.1, 0.15) is 4.88 Å². The second kappa shape index (κ2) is 10.8. The van der Waals surface area contributed by atoms with Crippen LogP contribution in [0.3, 0.4) is 0 Å². The van der Waals surface area contributed by atoms with Crippen molar-refractivity contribution in [3.63, 3.8) is 0 Å². The van der Waals surface area contributed by atoms with Crippen molar-refractivity contribution in [2.75, 3.05) is 49.5 Å². The van der Waals surface area contributed by atoms with Crippen LogP contribution in [0.1, 0.15) is 16.6 Å². The summed E-state index contributed by atoms with van der Waals surface area (Å²) in [6.07, 6.45) is 0. The van der Waals surface area contributed by atoms with E-state index in [0.29, 0.717) is 15.6 Å². The lowest BCUT2D eigenvalue weighted by Crippen LogP contribution is -2.48. The summed E-state index contributed by atoms with van der Waals surface area (Å²) in [6.45, 7) is 5.64. The summed E-state index contributed by atoms with van der Waals surface area (Å²) in [5.41, 5.74) is 2.61. The van der Waals surface area contributed by atoms with Gasteiger partial charge in [-0.3, -0.25) is 9.69 Å². The third kappa shape index (κ3) is 5.93. The van der Waals surface area contributed by atoms with Crippen molar-refractivity contribution in [1.82, 2.24) is 4.90 Å². The zero-order valence-corrected chi connectivity index (χ0v) is 20.0. The molecule has 6 nitrogen and oxygen atoms in total. The third-order valence-corrected chi connectivity index (χ3v) is 6.87. The number of thiophene rings is 1. The van der Waals surface area contributed by atoms with E-state index < -0.39 is 5.97 Å². The molecule has 0 bridgehead atoms. The molecule has 1 aliphatic heterocycles. The van der Waals surface area contributed by atoms with Gasteiger partial charge in [-0.15, -0.1) is 11.3 Å². The number of piperazine rings is 1. The number of halogens is 1. The van der Waals surface area contributed by atoms with Gasteiger partial charge >= 0.3 is 5.97 Å². The molecular weight excluding hydrogens is 458 g/mol. The van der Waals surface area contributed by atoms with Gasteiger partial charge in [0.15, 0.2) is 0 Å². The fourth-order valence-corrected chi connectivity index (χ4v) is 4.92. The average molecular weight is 484 g/mol. The molecule has 0 unspecified atom stereocenters. The molecule has 0 atom stereocenters. The number of carbonyl (C=O) groups is 2. The SMILES string of the molecule is CCOC(=O)c1sc(-c2ccc(Cl)cc2)cc1NC(=O)CN1CCN(c2ccccc2)CC1. The highest BCUT2D eigenvalue weighted by Crippen LogP contribution is 2.36. The number of rotatable bonds is 7. The Morgan fingerprint density at radius 3 is 2.39 bits per heavy atom. The normalized spacial score (nSPS) is 14.2.